The van der Waals surface area contributed by atoms with E-state index < -0.39 is 21.3 Å². The average Bonchev–Trinajstić information content (AvgIpc) is 3.15. The molecular weight excluding hydrogens is 400 g/mol. The first kappa shape index (κ1) is 20.6. The van der Waals surface area contributed by atoms with Crippen LogP contribution in [0.2, 0.25) is 5.02 Å². The quantitative estimate of drug-likeness (QED) is 0.573. The molecule has 1 fully saturated rings. The second-order valence-electron chi connectivity index (χ2n) is 6.98. The molecule has 3 rings (SSSR count). The Morgan fingerprint density at radius 2 is 1.86 bits per heavy atom. The molecule has 1 heterocycles. The van der Waals surface area contributed by atoms with Crippen LogP contribution >= 0.6 is 11.6 Å². The third kappa shape index (κ3) is 4.82. The molecule has 1 saturated heterocycles. The summed E-state index contributed by atoms with van der Waals surface area (Å²) in [4.78, 5) is 12.7. The lowest BCUT2D eigenvalue weighted by Crippen LogP contribution is -2.45. The number of anilines is 2. The molecule has 0 spiro atoms. The Morgan fingerprint density at radius 3 is 2.54 bits per heavy atom. The van der Waals surface area contributed by atoms with Gasteiger partial charge in [0.15, 0.2) is 5.37 Å². The maximum Gasteiger partial charge on any atom is 0.250 e. The van der Waals surface area contributed by atoms with Crippen LogP contribution in [0.3, 0.4) is 0 Å². The number of nitrogens with one attached hydrogen (secondary N) is 4. The number of hydrogen-bond acceptors (Lipinski definition) is 5. The molecule has 0 bridgehead atoms. The average molecular weight is 423 g/mol. The van der Waals surface area contributed by atoms with Gasteiger partial charge in [0.05, 0.1) is 5.92 Å². The molecule has 0 saturated carbocycles. The first-order valence-corrected chi connectivity index (χ1v) is 10.8. The van der Waals surface area contributed by atoms with Crippen LogP contribution < -0.4 is 20.9 Å². The number of carbonyl (C=O) groups excluding carboxylic acids is 1. The topological polar surface area (TPSA) is 99.3 Å². The summed E-state index contributed by atoms with van der Waals surface area (Å²) in [6, 6.07) is 13.8. The molecule has 150 valence electrons. The smallest absolute Gasteiger partial charge is 0.250 e. The van der Waals surface area contributed by atoms with E-state index in [1.807, 2.05) is 18.2 Å². The lowest BCUT2D eigenvalue weighted by atomic mass is 10.0. The van der Waals surface area contributed by atoms with E-state index in [0.29, 0.717) is 22.3 Å². The minimum atomic E-state index is -3.86. The van der Waals surface area contributed by atoms with Crippen LogP contribution in [0, 0.1) is 5.92 Å². The van der Waals surface area contributed by atoms with Gasteiger partial charge in [-0.25, -0.2) is 13.8 Å². The maximum absolute atomic E-state index is 12.8. The predicted octanol–water partition coefficient (Wildman–Crippen LogP) is 2.89. The molecule has 2 aromatic carbocycles. The third-order valence-corrected chi connectivity index (χ3v) is 6.42. The Bertz CT molecular complexity index is 948. The Hall–Kier alpha value is -2.13. The summed E-state index contributed by atoms with van der Waals surface area (Å²) in [5, 5.41) is 2.21. The van der Waals surface area contributed by atoms with Crippen molar-refractivity contribution in [3.05, 3.63) is 59.1 Å². The molecular formula is C19H23ClN4O3S. The van der Waals surface area contributed by atoms with Crippen molar-refractivity contribution >= 4 is 38.9 Å². The van der Waals surface area contributed by atoms with Gasteiger partial charge in [-0.05, 0) is 47.9 Å². The number of amides is 1. The molecule has 1 aliphatic heterocycles. The summed E-state index contributed by atoms with van der Waals surface area (Å²) in [6.07, 6.45) is 0. The van der Waals surface area contributed by atoms with E-state index in [0.717, 1.165) is 5.56 Å². The minimum Gasteiger partial charge on any atom is -0.326 e. The lowest BCUT2D eigenvalue weighted by molar-refractivity contribution is -0.119. The summed E-state index contributed by atoms with van der Waals surface area (Å²) in [5.41, 5.74) is 7.57. The fourth-order valence-electron chi connectivity index (χ4n) is 2.96. The van der Waals surface area contributed by atoms with Gasteiger partial charge in [-0.1, -0.05) is 37.6 Å². The van der Waals surface area contributed by atoms with Crippen LogP contribution in [0.15, 0.2) is 48.5 Å². The summed E-state index contributed by atoms with van der Waals surface area (Å²) >= 11 is 5.83. The fraction of sp³-hybridized carbons (Fsp3) is 0.316. The summed E-state index contributed by atoms with van der Waals surface area (Å²) in [6.45, 7) is 4.33. The van der Waals surface area contributed by atoms with Gasteiger partial charge < -0.3 is 5.32 Å². The summed E-state index contributed by atoms with van der Waals surface area (Å²) < 4.78 is 28.0. The van der Waals surface area contributed by atoms with Crippen molar-refractivity contribution in [1.29, 1.82) is 0 Å². The number of halogens is 1. The highest BCUT2D eigenvalue weighted by atomic mass is 35.5. The molecule has 0 aliphatic carbocycles. The van der Waals surface area contributed by atoms with Crippen molar-refractivity contribution in [3.8, 4) is 0 Å². The first-order chi connectivity index (χ1) is 13.3. The molecule has 0 aromatic heterocycles. The van der Waals surface area contributed by atoms with Crippen molar-refractivity contribution in [3.63, 3.8) is 0 Å². The first-order valence-electron chi connectivity index (χ1n) is 8.92. The highest BCUT2D eigenvalue weighted by Crippen LogP contribution is 2.23. The van der Waals surface area contributed by atoms with E-state index in [1.165, 1.54) is 0 Å². The largest absolute Gasteiger partial charge is 0.326 e. The molecule has 7 nitrogen and oxygen atoms in total. The predicted molar refractivity (Wildman–Crippen MR) is 112 cm³/mol. The van der Waals surface area contributed by atoms with Crippen LogP contribution in [-0.4, -0.2) is 26.2 Å². The molecule has 2 unspecified atom stereocenters. The summed E-state index contributed by atoms with van der Waals surface area (Å²) in [7, 11) is -3.86. The highest BCUT2D eigenvalue weighted by Gasteiger charge is 2.41. The Labute approximate surface area is 169 Å². The fourth-order valence-corrected chi connectivity index (χ4v) is 4.57. The number of rotatable bonds is 6. The van der Waals surface area contributed by atoms with Crippen molar-refractivity contribution in [2.24, 2.45) is 5.92 Å². The number of hydrogen-bond donors (Lipinski definition) is 4. The molecule has 28 heavy (non-hydrogen) atoms. The minimum absolute atomic E-state index is 0.196. The number of carbonyl (C=O) groups is 1. The molecule has 4 N–H and O–H groups in total. The van der Waals surface area contributed by atoms with Gasteiger partial charge in [0.2, 0.25) is 5.91 Å². The van der Waals surface area contributed by atoms with E-state index in [9.17, 15) is 13.2 Å². The Balaban J connectivity index is 1.73. The van der Waals surface area contributed by atoms with Gasteiger partial charge in [-0.3, -0.25) is 14.9 Å². The number of benzene rings is 2. The van der Waals surface area contributed by atoms with Crippen LogP contribution in [-0.2, 0) is 14.8 Å². The number of sulfonamides is 1. The van der Waals surface area contributed by atoms with E-state index in [2.05, 4.69) is 34.7 Å². The molecule has 1 aliphatic rings. The van der Waals surface area contributed by atoms with E-state index in [4.69, 9.17) is 11.6 Å². The van der Waals surface area contributed by atoms with Crippen molar-refractivity contribution in [2.75, 3.05) is 16.6 Å². The van der Waals surface area contributed by atoms with Crippen molar-refractivity contribution < 1.29 is 13.2 Å². The van der Waals surface area contributed by atoms with Gasteiger partial charge in [-0.2, -0.15) is 0 Å². The molecule has 1 amide bonds. The monoisotopic (exact) mass is 422 g/mol. The molecule has 0 radical (unpaired) electrons. The van der Waals surface area contributed by atoms with Gasteiger partial charge >= 0.3 is 0 Å². The Kier molecular flexibility index (Phi) is 6.24. The Morgan fingerprint density at radius 1 is 1.14 bits per heavy atom. The summed E-state index contributed by atoms with van der Waals surface area (Å²) in [5.74, 6) is -0.847. The van der Waals surface area contributed by atoms with Gasteiger partial charge in [0, 0.05) is 22.9 Å². The van der Waals surface area contributed by atoms with Gasteiger partial charge in [0.25, 0.3) is 10.0 Å². The van der Waals surface area contributed by atoms with E-state index >= 15 is 0 Å². The van der Waals surface area contributed by atoms with Crippen LogP contribution in [0.1, 0.15) is 25.3 Å². The van der Waals surface area contributed by atoms with Gasteiger partial charge in [-0.15, -0.1) is 0 Å². The number of hydrazine groups is 1. The standard InChI is InChI=1S/C19H23ClN4O3S/c1-12(2)13-4-3-5-16(10-13)22-18(25)17-11-21-23-19(17)28(26,27)24-15-8-6-14(20)7-9-15/h3-10,12,17,19,21,23-24H,11H2,1-2H3,(H,22,25). The lowest BCUT2D eigenvalue weighted by Gasteiger charge is -2.20. The normalized spacial score (nSPS) is 19.6. The van der Waals surface area contributed by atoms with E-state index in [-0.39, 0.29) is 12.5 Å². The highest BCUT2D eigenvalue weighted by molar-refractivity contribution is 7.93. The third-order valence-electron chi connectivity index (χ3n) is 4.53. The van der Waals surface area contributed by atoms with Gasteiger partial charge in [0.1, 0.15) is 0 Å². The zero-order valence-corrected chi connectivity index (χ0v) is 17.1. The SMILES string of the molecule is CC(C)c1cccc(NC(=O)C2CNNC2S(=O)(=O)Nc2ccc(Cl)cc2)c1. The molecule has 2 atom stereocenters. The van der Waals surface area contributed by atoms with Crippen LogP contribution in [0.4, 0.5) is 11.4 Å². The second kappa shape index (κ2) is 8.48. The van der Waals surface area contributed by atoms with Crippen LogP contribution in [0.5, 0.6) is 0 Å². The molecule has 2 aromatic rings. The second-order valence-corrected chi connectivity index (χ2v) is 9.21. The molecule has 9 heteroatoms. The van der Waals surface area contributed by atoms with Crippen molar-refractivity contribution in [2.45, 2.75) is 25.1 Å². The zero-order valence-electron chi connectivity index (χ0n) is 15.6. The van der Waals surface area contributed by atoms with Crippen LogP contribution in [0.25, 0.3) is 0 Å². The zero-order chi connectivity index (χ0) is 20.3. The van der Waals surface area contributed by atoms with E-state index in [1.54, 1.807) is 30.3 Å². The van der Waals surface area contributed by atoms with Crippen molar-refractivity contribution in [1.82, 2.24) is 10.9 Å². The maximum atomic E-state index is 12.8.